The molecule has 0 unspecified atom stereocenters. The van der Waals surface area contributed by atoms with Gasteiger partial charge in [0.15, 0.2) is 0 Å². The summed E-state index contributed by atoms with van der Waals surface area (Å²) < 4.78 is 8.44. The van der Waals surface area contributed by atoms with E-state index >= 15 is 0 Å². The Bertz CT molecular complexity index is 737. The summed E-state index contributed by atoms with van der Waals surface area (Å²) in [6.45, 7) is 3.40. The zero-order valence-electron chi connectivity index (χ0n) is 15.0. The third-order valence-electron chi connectivity index (χ3n) is 5.16. The summed E-state index contributed by atoms with van der Waals surface area (Å²) in [5, 5.41) is 13.5. The summed E-state index contributed by atoms with van der Waals surface area (Å²) >= 11 is 3.70. The number of rotatable bonds is 7. The minimum atomic E-state index is -0.896. The Morgan fingerprint density at radius 2 is 1.88 bits per heavy atom. The van der Waals surface area contributed by atoms with Crippen LogP contribution in [0.3, 0.4) is 0 Å². The average Bonchev–Trinajstić information content (AvgIpc) is 2.92. The number of carboxylic acids is 1. The van der Waals surface area contributed by atoms with Gasteiger partial charge in [-0.25, -0.2) is 4.79 Å². The molecule has 5 nitrogen and oxygen atoms in total. The SMILES string of the molecule is Cc1c(Br)c(-c2ccccc2)nn1C[C@H]1CC[C@H](COCC(=O)O)CC1. The number of aromatic nitrogens is 2. The zero-order valence-corrected chi connectivity index (χ0v) is 16.6. The molecule has 1 aromatic carbocycles. The molecule has 0 bridgehead atoms. The van der Waals surface area contributed by atoms with Crippen LogP contribution in [0.1, 0.15) is 31.4 Å². The molecular weight excluding hydrogens is 396 g/mol. The number of hydrogen-bond acceptors (Lipinski definition) is 3. The van der Waals surface area contributed by atoms with Crippen LogP contribution < -0.4 is 0 Å². The lowest BCUT2D eigenvalue weighted by Crippen LogP contribution is -2.23. The molecule has 6 heteroatoms. The Balaban J connectivity index is 1.56. The molecule has 0 atom stereocenters. The van der Waals surface area contributed by atoms with E-state index in [1.165, 1.54) is 0 Å². The molecule has 1 aliphatic rings. The van der Waals surface area contributed by atoms with Crippen LogP contribution in [0.5, 0.6) is 0 Å². The monoisotopic (exact) mass is 420 g/mol. The second-order valence-corrected chi connectivity index (χ2v) is 7.88. The van der Waals surface area contributed by atoms with Gasteiger partial charge < -0.3 is 9.84 Å². The first kappa shape index (κ1) is 19.1. The summed E-state index contributed by atoms with van der Waals surface area (Å²) in [7, 11) is 0. The van der Waals surface area contributed by atoms with Crippen molar-refractivity contribution >= 4 is 21.9 Å². The molecule has 1 heterocycles. The van der Waals surface area contributed by atoms with E-state index in [0.717, 1.165) is 53.7 Å². The van der Waals surface area contributed by atoms with E-state index in [0.29, 0.717) is 18.4 Å². The molecule has 140 valence electrons. The lowest BCUT2D eigenvalue weighted by Gasteiger charge is -2.28. The van der Waals surface area contributed by atoms with Crippen LogP contribution in [0.15, 0.2) is 34.8 Å². The molecule has 26 heavy (non-hydrogen) atoms. The quantitative estimate of drug-likeness (QED) is 0.714. The first-order valence-electron chi connectivity index (χ1n) is 9.12. The molecule has 0 amide bonds. The predicted molar refractivity (Wildman–Crippen MR) is 104 cm³/mol. The van der Waals surface area contributed by atoms with Gasteiger partial charge in [-0.15, -0.1) is 0 Å². The fraction of sp³-hybridized carbons (Fsp3) is 0.500. The van der Waals surface area contributed by atoms with Crippen molar-refractivity contribution in [1.29, 1.82) is 0 Å². The first-order valence-corrected chi connectivity index (χ1v) is 9.91. The van der Waals surface area contributed by atoms with E-state index in [4.69, 9.17) is 14.9 Å². The van der Waals surface area contributed by atoms with Crippen molar-refractivity contribution in [3.05, 3.63) is 40.5 Å². The average molecular weight is 421 g/mol. The van der Waals surface area contributed by atoms with Crippen LogP contribution in [0.4, 0.5) is 0 Å². The molecular formula is C20H25BrN2O3. The number of halogens is 1. The molecule has 1 saturated carbocycles. The van der Waals surface area contributed by atoms with Crippen LogP contribution >= 0.6 is 15.9 Å². The highest BCUT2D eigenvalue weighted by molar-refractivity contribution is 9.10. The van der Waals surface area contributed by atoms with Crippen LogP contribution in [-0.4, -0.2) is 34.1 Å². The Morgan fingerprint density at radius 3 is 2.54 bits per heavy atom. The Kier molecular flexibility index (Phi) is 6.48. The molecule has 1 fully saturated rings. The summed E-state index contributed by atoms with van der Waals surface area (Å²) in [6, 6.07) is 10.2. The fourth-order valence-electron chi connectivity index (χ4n) is 3.62. The molecule has 0 radical (unpaired) electrons. The summed E-state index contributed by atoms with van der Waals surface area (Å²) in [6.07, 6.45) is 4.46. The van der Waals surface area contributed by atoms with Crippen molar-refractivity contribution in [2.24, 2.45) is 11.8 Å². The summed E-state index contributed by atoms with van der Waals surface area (Å²) in [5.74, 6) is 0.198. The number of carbonyl (C=O) groups is 1. The van der Waals surface area contributed by atoms with Gasteiger partial charge in [0.2, 0.25) is 0 Å². The van der Waals surface area contributed by atoms with Crippen molar-refractivity contribution in [3.8, 4) is 11.3 Å². The third kappa shape index (κ3) is 4.74. The Labute approximate surface area is 162 Å². The van der Waals surface area contributed by atoms with Crippen molar-refractivity contribution in [2.75, 3.05) is 13.2 Å². The van der Waals surface area contributed by atoms with Gasteiger partial charge in [-0.3, -0.25) is 4.68 Å². The highest BCUT2D eigenvalue weighted by atomic mass is 79.9. The van der Waals surface area contributed by atoms with E-state index in [1.807, 2.05) is 18.2 Å². The summed E-state index contributed by atoms with van der Waals surface area (Å²) in [5.41, 5.74) is 3.29. The van der Waals surface area contributed by atoms with Gasteiger partial charge in [-0.1, -0.05) is 30.3 Å². The van der Waals surface area contributed by atoms with Crippen molar-refractivity contribution in [1.82, 2.24) is 9.78 Å². The molecule has 1 N–H and O–H groups in total. The zero-order chi connectivity index (χ0) is 18.5. The van der Waals surface area contributed by atoms with E-state index in [-0.39, 0.29) is 6.61 Å². The highest BCUT2D eigenvalue weighted by Gasteiger charge is 2.23. The van der Waals surface area contributed by atoms with Gasteiger partial charge in [0.1, 0.15) is 12.3 Å². The van der Waals surface area contributed by atoms with E-state index in [2.05, 4.69) is 39.7 Å². The molecule has 2 aromatic rings. The lowest BCUT2D eigenvalue weighted by atomic mass is 9.82. The van der Waals surface area contributed by atoms with Crippen LogP contribution in [0.25, 0.3) is 11.3 Å². The van der Waals surface area contributed by atoms with Gasteiger partial charge >= 0.3 is 5.97 Å². The maximum Gasteiger partial charge on any atom is 0.329 e. The third-order valence-corrected chi connectivity index (χ3v) is 6.11. The summed E-state index contributed by atoms with van der Waals surface area (Å²) in [4.78, 5) is 10.5. The Morgan fingerprint density at radius 1 is 1.23 bits per heavy atom. The van der Waals surface area contributed by atoms with Crippen LogP contribution in [0, 0.1) is 18.8 Å². The largest absolute Gasteiger partial charge is 0.480 e. The molecule has 0 spiro atoms. The van der Waals surface area contributed by atoms with Gasteiger partial charge in [-0.05, 0) is 60.4 Å². The number of hydrogen-bond donors (Lipinski definition) is 1. The van der Waals surface area contributed by atoms with Crippen molar-refractivity contribution in [2.45, 2.75) is 39.2 Å². The number of benzene rings is 1. The minimum Gasteiger partial charge on any atom is -0.480 e. The topological polar surface area (TPSA) is 64.4 Å². The number of aliphatic carboxylic acids is 1. The van der Waals surface area contributed by atoms with E-state index < -0.39 is 5.97 Å². The molecule has 0 saturated heterocycles. The lowest BCUT2D eigenvalue weighted by molar-refractivity contribution is -0.142. The normalized spacial score (nSPS) is 20.2. The van der Waals surface area contributed by atoms with Crippen LogP contribution in [0.2, 0.25) is 0 Å². The molecule has 0 aliphatic heterocycles. The van der Waals surface area contributed by atoms with Crippen molar-refractivity contribution < 1.29 is 14.6 Å². The number of carboxylic acid groups (broad SMARTS) is 1. The highest BCUT2D eigenvalue weighted by Crippen LogP contribution is 2.33. The second kappa shape index (κ2) is 8.82. The van der Waals surface area contributed by atoms with Gasteiger partial charge in [0.05, 0.1) is 16.8 Å². The second-order valence-electron chi connectivity index (χ2n) is 7.09. The van der Waals surface area contributed by atoms with E-state index in [9.17, 15) is 4.79 Å². The number of nitrogens with zero attached hydrogens (tertiary/aromatic N) is 2. The van der Waals surface area contributed by atoms with Gasteiger partial charge in [0.25, 0.3) is 0 Å². The number of ether oxygens (including phenoxy) is 1. The van der Waals surface area contributed by atoms with E-state index in [1.54, 1.807) is 0 Å². The Hall–Kier alpha value is -1.66. The smallest absolute Gasteiger partial charge is 0.329 e. The minimum absolute atomic E-state index is 0.192. The maximum absolute atomic E-state index is 10.5. The molecule has 3 rings (SSSR count). The molecule has 1 aliphatic carbocycles. The maximum atomic E-state index is 10.5. The first-order chi connectivity index (χ1) is 12.5. The fourth-order valence-corrected chi connectivity index (χ4v) is 4.13. The van der Waals surface area contributed by atoms with Crippen molar-refractivity contribution in [3.63, 3.8) is 0 Å². The predicted octanol–water partition coefficient (Wildman–Crippen LogP) is 4.53. The molecule has 1 aromatic heterocycles. The van der Waals surface area contributed by atoms with Gasteiger partial charge in [-0.2, -0.15) is 5.10 Å². The van der Waals surface area contributed by atoms with Crippen LogP contribution in [-0.2, 0) is 16.1 Å². The standard InChI is InChI=1S/C20H25BrN2O3/c1-14-19(21)20(17-5-3-2-4-6-17)22-23(14)11-15-7-9-16(10-8-15)12-26-13-18(24)25/h2-6,15-16H,7-13H2,1H3,(H,24,25)/t15-,16-. The van der Waals surface area contributed by atoms with Gasteiger partial charge in [0, 0.05) is 12.1 Å².